The summed E-state index contributed by atoms with van der Waals surface area (Å²) in [6.45, 7) is 4.14. The summed E-state index contributed by atoms with van der Waals surface area (Å²) in [5.41, 5.74) is -0.885. The van der Waals surface area contributed by atoms with Crippen LogP contribution in [0.2, 0.25) is 0 Å². The summed E-state index contributed by atoms with van der Waals surface area (Å²) in [6, 6.07) is 14.9. The predicted molar refractivity (Wildman–Crippen MR) is 159 cm³/mol. The maximum atomic E-state index is 11.3. The number of fused-ring (bicyclic) bond motifs is 2. The molecule has 0 amide bonds. The molecule has 0 saturated heterocycles. The zero-order valence-electron chi connectivity index (χ0n) is 24.6. The van der Waals surface area contributed by atoms with Crippen molar-refractivity contribution in [1.82, 2.24) is 0 Å². The molecule has 1 N–H and O–H groups in total. The van der Waals surface area contributed by atoms with Crippen LogP contribution in [0.3, 0.4) is 0 Å². The molecule has 1 aliphatic heterocycles. The topological polar surface area (TPSA) is 110 Å². The SMILES string of the molecule is CCCCCCCCC1(OCCCS(=O)(=O)O)COc2ccccc2OCCOCCOc2ccccc2OC1.[Na]. The zero-order valence-corrected chi connectivity index (χ0v) is 27.4. The van der Waals surface area contributed by atoms with E-state index in [9.17, 15) is 13.0 Å². The van der Waals surface area contributed by atoms with Crippen molar-refractivity contribution < 1.29 is 41.4 Å². The van der Waals surface area contributed by atoms with E-state index in [1.165, 1.54) is 19.3 Å². The average molecular weight is 604 g/mol. The molecule has 0 aliphatic carbocycles. The molecule has 3 rings (SSSR count). The standard InChI is InChI=1S/C30H44O9S.Na/c1-2-3-4-5-6-11-17-30(39-18-12-23-40(31,32)33)24-37-28-15-9-7-13-26(28)35-21-19-34-20-22-36-27-14-8-10-16-29(27)38-25-30;/h7-10,13-16H,2-6,11-12,17-25H2,1H3,(H,31,32,33);. The Kier molecular flexibility index (Phi) is 17.1. The maximum absolute atomic E-state index is 11.3. The first kappa shape index (κ1) is 35.7. The fourth-order valence-electron chi connectivity index (χ4n) is 4.42. The van der Waals surface area contributed by atoms with Crippen LogP contribution in [-0.4, -0.2) is 100 Å². The van der Waals surface area contributed by atoms with Crippen molar-refractivity contribution in [1.29, 1.82) is 0 Å². The Bertz CT molecular complexity index is 1040. The summed E-state index contributed by atoms with van der Waals surface area (Å²) in [6.07, 6.45) is 7.42. The van der Waals surface area contributed by atoms with E-state index in [1.807, 2.05) is 48.5 Å². The summed E-state index contributed by atoms with van der Waals surface area (Å²) in [7, 11) is -4.09. The second kappa shape index (κ2) is 19.6. The number of unbranched alkanes of at least 4 members (excludes halogenated alkanes) is 5. The molecule has 11 heteroatoms. The van der Waals surface area contributed by atoms with Gasteiger partial charge in [0.1, 0.15) is 32.0 Å². The van der Waals surface area contributed by atoms with Crippen LogP contribution in [0, 0.1) is 0 Å². The van der Waals surface area contributed by atoms with Gasteiger partial charge >= 0.3 is 0 Å². The molecule has 2 aromatic rings. The molecule has 0 saturated carbocycles. The van der Waals surface area contributed by atoms with Gasteiger partial charge in [0.25, 0.3) is 10.1 Å². The van der Waals surface area contributed by atoms with Crippen LogP contribution in [0.1, 0.15) is 58.3 Å². The van der Waals surface area contributed by atoms with Crippen LogP contribution < -0.4 is 18.9 Å². The van der Waals surface area contributed by atoms with Gasteiger partial charge in [0.2, 0.25) is 0 Å². The van der Waals surface area contributed by atoms with Gasteiger partial charge in [-0.1, -0.05) is 69.7 Å². The summed E-state index contributed by atoms with van der Waals surface area (Å²) in [5.74, 6) is 1.97. The number of para-hydroxylation sites is 4. The van der Waals surface area contributed by atoms with Gasteiger partial charge < -0.3 is 28.4 Å². The third-order valence-corrected chi connectivity index (χ3v) is 7.40. The first-order valence-electron chi connectivity index (χ1n) is 14.3. The predicted octanol–water partition coefficient (Wildman–Crippen LogP) is 5.34. The van der Waals surface area contributed by atoms with E-state index in [4.69, 9.17) is 28.4 Å². The molecule has 0 aromatic heterocycles. The molecule has 0 bridgehead atoms. The minimum absolute atomic E-state index is 0. The Morgan fingerprint density at radius 3 is 1.73 bits per heavy atom. The van der Waals surface area contributed by atoms with Crippen molar-refractivity contribution in [3.8, 4) is 23.0 Å². The van der Waals surface area contributed by atoms with Gasteiger partial charge in [-0.15, -0.1) is 0 Å². The molecule has 9 nitrogen and oxygen atoms in total. The van der Waals surface area contributed by atoms with E-state index in [2.05, 4.69) is 6.92 Å². The molecule has 2 aromatic carbocycles. The number of rotatable bonds is 12. The molecule has 0 atom stereocenters. The van der Waals surface area contributed by atoms with E-state index >= 15 is 0 Å². The van der Waals surface area contributed by atoms with Gasteiger partial charge in [0.05, 0.1) is 19.0 Å². The van der Waals surface area contributed by atoms with Gasteiger partial charge in [-0.3, -0.25) is 4.55 Å². The summed E-state index contributed by atoms with van der Waals surface area (Å²) < 4.78 is 68.4. The van der Waals surface area contributed by atoms with E-state index in [-0.39, 0.29) is 61.6 Å². The van der Waals surface area contributed by atoms with Crippen molar-refractivity contribution in [2.24, 2.45) is 0 Å². The Morgan fingerprint density at radius 1 is 0.732 bits per heavy atom. The Labute approximate surface area is 267 Å². The number of hydrogen-bond acceptors (Lipinski definition) is 8. The number of benzene rings is 2. The minimum Gasteiger partial charge on any atom is -0.487 e. The van der Waals surface area contributed by atoms with Crippen molar-refractivity contribution >= 4 is 39.7 Å². The quantitative estimate of drug-likeness (QED) is 0.195. The van der Waals surface area contributed by atoms with Crippen LogP contribution in [0.4, 0.5) is 0 Å². The van der Waals surface area contributed by atoms with Crippen LogP contribution in [0.15, 0.2) is 48.5 Å². The van der Waals surface area contributed by atoms with Gasteiger partial charge in [0, 0.05) is 36.2 Å². The maximum Gasteiger partial charge on any atom is 0.264 e. The van der Waals surface area contributed by atoms with Gasteiger partial charge in [-0.25, -0.2) is 0 Å². The second-order valence-electron chi connectivity index (χ2n) is 9.97. The van der Waals surface area contributed by atoms with Crippen LogP contribution in [-0.2, 0) is 19.6 Å². The average Bonchev–Trinajstić information content (AvgIpc) is 2.94. The molecule has 0 fully saturated rings. The molecular weight excluding hydrogens is 559 g/mol. The Morgan fingerprint density at radius 2 is 1.22 bits per heavy atom. The van der Waals surface area contributed by atoms with E-state index in [0.717, 1.165) is 19.3 Å². The second-order valence-corrected chi connectivity index (χ2v) is 11.5. The largest absolute Gasteiger partial charge is 0.487 e. The zero-order chi connectivity index (χ0) is 28.5. The Hall–Kier alpha value is -1.53. The Balaban J connectivity index is 0.00000588. The van der Waals surface area contributed by atoms with Crippen molar-refractivity contribution in [3.63, 3.8) is 0 Å². The third kappa shape index (κ3) is 14.0. The van der Waals surface area contributed by atoms with Crippen molar-refractivity contribution in [2.75, 3.05) is 52.0 Å². The summed E-state index contributed by atoms with van der Waals surface area (Å²) in [5, 5.41) is 0. The van der Waals surface area contributed by atoms with Crippen LogP contribution >= 0.6 is 0 Å². The van der Waals surface area contributed by atoms with Gasteiger partial charge in [0.15, 0.2) is 23.0 Å². The van der Waals surface area contributed by atoms with Crippen LogP contribution in [0.5, 0.6) is 23.0 Å². The normalized spacial score (nSPS) is 16.0. The molecule has 1 heterocycles. The monoisotopic (exact) mass is 603 g/mol. The molecule has 0 unspecified atom stereocenters. The molecule has 225 valence electrons. The van der Waals surface area contributed by atoms with E-state index in [1.54, 1.807) is 0 Å². The minimum atomic E-state index is -4.09. The van der Waals surface area contributed by atoms with Crippen molar-refractivity contribution in [2.45, 2.75) is 63.9 Å². The fourth-order valence-corrected chi connectivity index (χ4v) is 4.90. The molecule has 0 spiro atoms. The summed E-state index contributed by atoms with van der Waals surface area (Å²) >= 11 is 0. The number of hydrogen-bond donors (Lipinski definition) is 1. The van der Waals surface area contributed by atoms with Gasteiger partial charge in [-0.2, -0.15) is 8.42 Å². The van der Waals surface area contributed by atoms with Crippen LogP contribution in [0.25, 0.3) is 0 Å². The summed E-state index contributed by atoms with van der Waals surface area (Å²) in [4.78, 5) is 0. The molecule has 1 radical (unpaired) electrons. The molecule has 1 aliphatic rings. The first-order valence-corrected chi connectivity index (χ1v) is 15.9. The smallest absolute Gasteiger partial charge is 0.264 e. The third-order valence-electron chi connectivity index (χ3n) is 6.59. The number of ether oxygens (including phenoxy) is 6. The first-order chi connectivity index (χ1) is 19.4. The van der Waals surface area contributed by atoms with Gasteiger partial charge in [-0.05, 0) is 37.1 Å². The van der Waals surface area contributed by atoms with E-state index < -0.39 is 15.7 Å². The molecule has 41 heavy (non-hydrogen) atoms. The van der Waals surface area contributed by atoms with Crippen molar-refractivity contribution in [3.05, 3.63) is 48.5 Å². The van der Waals surface area contributed by atoms with E-state index in [0.29, 0.717) is 55.8 Å². The molecular formula is C30H44NaO9S. The fraction of sp³-hybridized carbons (Fsp3) is 0.600.